The molecular weight excluding hydrogens is 354 g/mol. The van der Waals surface area contributed by atoms with Gasteiger partial charge < -0.3 is 10.1 Å². The molecule has 0 aliphatic rings. The fourth-order valence-corrected chi connectivity index (χ4v) is 1.73. The third-order valence-electron chi connectivity index (χ3n) is 2.83. The number of alkyl halides is 6. The Hall–Kier alpha value is -2.78. The van der Waals surface area contributed by atoms with Crippen molar-refractivity contribution in [1.82, 2.24) is 4.98 Å². The van der Waals surface area contributed by atoms with Crippen LogP contribution in [0.15, 0.2) is 42.6 Å². The van der Waals surface area contributed by atoms with E-state index >= 15 is 0 Å². The number of aromatic nitrogens is 1. The number of ether oxygens (including phenoxy) is 1. The SMILES string of the molecule is O=C(Nc1cccc(C(F)(F)F)c1)c1ccc(OCC(F)(F)F)nc1. The van der Waals surface area contributed by atoms with E-state index in [1.807, 2.05) is 0 Å². The number of halogens is 6. The van der Waals surface area contributed by atoms with Gasteiger partial charge in [-0.05, 0) is 24.3 Å². The molecule has 0 radical (unpaired) electrons. The first-order chi connectivity index (χ1) is 11.5. The largest absolute Gasteiger partial charge is 0.468 e. The monoisotopic (exact) mass is 364 g/mol. The molecule has 0 aliphatic carbocycles. The number of pyridine rings is 1. The Morgan fingerprint density at radius 1 is 1.08 bits per heavy atom. The summed E-state index contributed by atoms with van der Waals surface area (Å²) in [5.41, 5.74) is -1.08. The molecule has 1 aromatic carbocycles. The van der Waals surface area contributed by atoms with Crippen LogP contribution < -0.4 is 10.1 Å². The van der Waals surface area contributed by atoms with Gasteiger partial charge in [-0.3, -0.25) is 4.79 Å². The van der Waals surface area contributed by atoms with Crippen LogP contribution in [0.1, 0.15) is 15.9 Å². The van der Waals surface area contributed by atoms with Gasteiger partial charge in [-0.1, -0.05) is 6.07 Å². The van der Waals surface area contributed by atoms with Crippen LogP contribution in [0.25, 0.3) is 0 Å². The average molecular weight is 364 g/mol. The summed E-state index contributed by atoms with van der Waals surface area (Å²) in [4.78, 5) is 15.5. The molecule has 0 fully saturated rings. The lowest BCUT2D eigenvalue weighted by molar-refractivity contribution is -0.154. The Balaban J connectivity index is 2.04. The summed E-state index contributed by atoms with van der Waals surface area (Å²) in [7, 11) is 0. The lowest BCUT2D eigenvalue weighted by Gasteiger charge is -2.10. The Morgan fingerprint density at radius 3 is 2.36 bits per heavy atom. The van der Waals surface area contributed by atoms with Gasteiger partial charge in [-0.2, -0.15) is 26.3 Å². The molecule has 25 heavy (non-hydrogen) atoms. The zero-order chi connectivity index (χ0) is 18.7. The van der Waals surface area contributed by atoms with E-state index in [2.05, 4.69) is 15.0 Å². The van der Waals surface area contributed by atoms with Gasteiger partial charge in [0, 0.05) is 18.0 Å². The highest BCUT2D eigenvalue weighted by Crippen LogP contribution is 2.30. The summed E-state index contributed by atoms with van der Waals surface area (Å²) in [6, 6.07) is 6.19. The number of rotatable bonds is 4. The van der Waals surface area contributed by atoms with E-state index in [4.69, 9.17) is 0 Å². The van der Waals surface area contributed by atoms with E-state index in [0.29, 0.717) is 0 Å². The second-order valence-electron chi connectivity index (χ2n) is 4.82. The van der Waals surface area contributed by atoms with Crippen LogP contribution in [0, 0.1) is 0 Å². The number of anilines is 1. The number of hydrogen-bond donors (Lipinski definition) is 1. The van der Waals surface area contributed by atoms with Crippen molar-refractivity contribution in [3.63, 3.8) is 0 Å². The van der Waals surface area contributed by atoms with Crippen molar-refractivity contribution in [1.29, 1.82) is 0 Å². The van der Waals surface area contributed by atoms with Crippen molar-refractivity contribution >= 4 is 11.6 Å². The lowest BCUT2D eigenvalue weighted by Crippen LogP contribution is -2.19. The predicted molar refractivity (Wildman–Crippen MR) is 75.2 cm³/mol. The summed E-state index contributed by atoms with van der Waals surface area (Å²) in [5, 5.41) is 2.25. The molecule has 0 unspecified atom stereocenters. The van der Waals surface area contributed by atoms with E-state index in [0.717, 1.165) is 36.5 Å². The first-order valence-corrected chi connectivity index (χ1v) is 6.69. The number of benzene rings is 1. The van der Waals surface area contributed by atoms with Gasteiger partial charge in [0.15, 0.2) is 6.61 Å². The van der Waals surface area contributed by atoms with Crippen molar-refractivity contribution in [3.8, 4) is 5.88 Å². The number of carbonyl (C=O) groups excluding carboxylic acids is 1. The zero-order valence-electron chi connectivity index (χ0n) is 12.3. The fourth-order valence-electron chi connectivity index (χ4n) is 1.73. The van der Waals surface area contributed by atoms with Crippen LogP contribution >= 0.6 is 0 Å². The van der Waals surface area contributed by atoms with Gasteiger partial charge in [-0.25, -0.2) is 4.98 Å². The second-order valence-corrected chi connectivity index (χ2v) is 4.82. The Kier molecular flexibility index (Phi) is 5.19. The molecule has 1 aromatic heterocycles. The zero-order valence-corrected chi connectivity index (χ0v) is 12.3. The minimum atomic E-state index is -4.56. The summed E-state index contributed by atoms with van der Waals surface area (Å²) >= 11 is 0. The van der Waals surface area contributed by atoms with Crippen molar-refractivity contribution < 1.29 is 35.9 Å². The number of hydrogen-bond acceptors (Lipinski definition) is 3. The minimum Gasteiger partial charge on any atom is -0.468 e. The van der Waals surface area contributed by atoms with Crippen molar-refractivity contribution in [3.05, 3.63) is 53.7 Å². The molecule has 10 heteroatoms. The molecule has 134 valence electrons. The van der Waals surface area contributed by atoms with Crippen LogP contribution in [-0.4, -0.2) is 23.7 Å². The molecule has 0 spiro atoms. The molecule has 1 N–H and O–H groups in total. The van der Waals surface area contributed by atoms with Crippen LogP contribution in [0.4, 0.5) is 32.0 Å². The highest BCUT2D eigenvalue weighted by molar-refractivity contribution is 6.04. The molecule has 2 rings (SSSR count). The van der Waals surface area contributed by atoms with E-state index in [1.54, 1.807) is 0 Å². The summed E-state index contributed by atoms with van der Waals surface area (Å²) in [6.07, 6.45) is -8.13. The number of carbonyl (C=O) groups is 1. The van der Waals surface area contributed by atoms with Gasteiger partial charge >= 0.3 is 12.4 Å². The fraction of sp³-hybridized carbons (Fsp3) is 0.200. The van der Waals surface area contributed by atoms with Gasteiger partial charge in [-0.15, -0.1) is 0 Å². The lowest BCUT2D eigenvalue weighted by atomic mass is 10.2. The van der Waals surface area contributed by atoms with Crippen molar-refractivity contribution in [2.45, 2.75) is 12.4 Å². The Morgan fingerprint density at radius 2 is 1.80 bits per heavy atom. The number of nitrogens with zero attached hydrogens (tertiary/aromatic N) is 1. The van der Waals surface area contributed by atoms with Crippen molar-refractivity contribution in [2.24, 2.45) is 0 Å². The summed E-state index contributed by atoms with van der Waals surface area (Å²) < 4.78 is 78.3. The maximum atomic E-state index is 12.6. The highest BCUT2D eigenvalue weighted by atomic mass is 19.4. The van der Waals surface area contributed by atoms with Gasteiger partial charge in [0.2, 0.25) is 5.88 Å². The topological polar surface area (TPSA) is 51.2 Å². The maximum absolute atomic E-state index is 12.6. The molecule has 0 aliphatic heterocycles. The Labute approximate surface area is 137 Å². The molecule has 1 heterocycles. The van der Waals surface area contributed by atoms with E-state index in [1.165, 1.54) is 6.07 Å². The number of amides is 1. The van der Waals surface area contributed by atoms with E-state index in [-0.39, 0.29) is 17.1 Å². The molecule has 2 aromatic rings. The van der Waals surface area contributed by atoms with Crippen LogP contribution in [0.5, 0.6) is 5.88 Å². The molecule has 4 nitrogen and oxygen atoms in total. The van der Waals surface area contributed by atoms with Crippen LogP contribution in [0.3, 0.4) is 0 Å². The van der Waals surface area contributed by atoms with Gasteiger partial charge in [0.05, 0.1) is 11.1 Å². The molecule has 0 atom stereocenters. The smallest absolute Gasteiger partial charge is 0.422 e. The first kappa shape index (κ1) is 18.6. The number of nitrogens with one attached hydrogen (secondary N) is 1. The minimum absolute atomic E-state index is 0.0585. The van der Waals surface area contributed by atoms with E-state index in [9.17, 15) is 31.1 Å². The predicted octanol–water partition coefficient (Wildman–Crippen LogP) is 4.29. The maximum Gasteiger partial charge on any atom is 0.422 e. The standard InChI is InChI=1S/C15H10F6N2O2/c16-14(17,18)8-25-12-5-4-9(7-22-12)13(24)23-11-3-1-2-10(6-11)15(19,20)21/h1-7H,8H2,(H,23,24). The average Bonchev–Trinajstić information content (AvgIpc) is 2.52. The van der Waals surface area contributed by atoms with Gasteiger partial charge in [0.1, 0.15) is 0 Å². The first-order valence-electron chi connectivity index (χ1n) is 6.69. The molecule has 1 amide bonds. The Bertz CT molecular complexity index is 741. The normalized spacial score (nSPS) is 11.9. The van der Waals surface area contributed by atoms with Gasteiger partial charge in [0.25, 0.3) is 5.91 Å². The summed E-state index contributed by atoms with van der Waals surface area (Å²) in [5.74, 6) is -1.11. The highest BCUT2D eigenvalue weighted by Gasteiger charge is 2.30. The van der Waals surface area contributed by atoms with Crippen LogP contribution in [0.2, 0.25) is 0 Å². The third kappa shape index (κ3) is 5.66. The molecule has 0 saturated heterocycles. The quantitative estimate of drug-likeness (QED) is 0.824. The molecule has 0 bridgehead atoms. The second kappa shape index (κ2) is 6.99. The van der Waals surface area contributed by atoms with Crippen molar-refractivity contribution in [2.75, 3.05) is 11.9 Å². The molecular formula is C15H10F6N2O2. The van der Waals surface area contributed by atoms with Crippen LogP contribution in [-0.2, 0) is 6.18 Å². The van der Waals surface area contributed by atoms with E-state index < -0.39 is 30.4 Å². The summed E-state index contributed by atoms with van der Waals surface area (Å²) in [6.45, 7) is -1.53. The molecule has 0 saturated carbocycles. The third-order valence-corrected chi connectivity index (χ3v) is 2.83.